The zero-order valence-corrected chi connectivity index (χ0v) is 15.3. The van der Waals surface area contributed by atoms with Crippen molar-refractivity contribution in [3.8, 4) is 0 Å². The fraction of sp³-hybridized carbons (Fsp3) is 0.684. The second kappa shape index (κ2) is 8.54. The maximum absolute atomic E-state index is 13.9. The minimum absolute atomic E-state index is 0.120. The lowest BCUT2D eigenvalue weighted by molar-refractivity contribution is -0.0501. The van der Waals surface area contributed by atoms with Crippen molar-refractivity contribution in [2.75, 3.05) is 53.4 Å². The van der Waals surface area contributed by atoms with Crippen LogP contribution in [0.15, 0.2) is 18.2 Å². The molecule has 0 saturated carbocycles. The lowest BCUT2D eigenvalue weighted by Gasteiger charge is -2.39. The molecule has 1 aromatic carbocycles. The van der Waals surface area contributed by atoms with Gasteiger partial charge in [0.05, 0.1) is 12.7 Å². The Bertz CT molecular complexity index is 564. The quantitative estimate of drug-likeness (QED) is 0.808. The summed E-state index contributed by atoms with van der Waals surface area (Å²) in [7, 11) is 4.34. The molecule has 6 heteroatoms. The Balaban J connectivity index is 1.51. The van der Waals surface area contributed by atoms with E-state index in [0.717, 1.165) is 38.8 Å². The van der Waals surface area contributed by atoms with Crippen LogP contribution in [0.4, 0.5) is 8.78 Å². The molecule has 4 nitrogen and oxygen atoms in total. The zero-order valence-electron chi connectivity index (χ0n) is 15.3. The molecule has 140 valence electrons. The Labute approximate surface area is 149 Å². The second-order valence-electron chi connectivity index (χ2n) is 7.41. The highest BCUT2D eigenvalue weighted by molar-refractivity contribution is 5.18. The highest BCUT2D eigenvalue weighted by Crippen LogP contribution is 2.18. The zero-order chi connectivity index (χ0) is 17.8. The first-order valence-corrected chi connectivity index (χ1v) is 9.18. The van der Waals surface area contributed by atoms with Crippen LogP contribution in [0.3, 0.4) is 0 Å². The van der Waals surface area contributed by atoms with Gasteiger partial charge < -0.3 is 14.5 Å². The van der Waals surface area contributed by atoms with Gasteiger partial charge in [-0.15, -0.1) is 0 Å². The standard InChI is InChI=1S/C19H29F2N3O/c1-22-8-6-16(7-9-22)23(2)13-17-14-24(10-11-25-17)12-15-4-3-5-18(20)19(15)21/h3-5,16-17H,6-14H2,1-2H3. The van der Waals surface area contributed by atoms with Gasteiger partial charge in [-0.25, -0.2) is 8.78 Å². The maximum Gasteiger partial charge on any atom is 0.163 e. The molecule has 2 fully saturated rings. The molecule has 0 radical (unpaired) electrons. The Morgan fingerprint density at radius 3 is 2.72 bits per heavy atom. The van der Waals surface area contributed by atoms with Gasteiger partial charge in [-0.1, -0.05) is 12.1 Å². The summed E-state index contributed by atoms with van der Waals surface area (Å²) in [5.74, 6) is -1.50. The minimum Gasteiger partial charge on any atom is -0.374 e. The fourth-order valence-corrected chi connectivity index (χ4v) is 3.85. The molecular weight excluding hydrogens is 324 g/mol. The molecule has 0 bridgehead atoms. The van der Waals surface area contributed by atoms with Crippen LogP contribution in [0.25, 0.3) is 0 Å². The smallest absolute Gasteiger partial charge is 0.163 e. The van der Waals surface area contributed by atoms with Gasteiger partial charge in [0.1, 0.15) is 0 Å². The van der Waals surface area contributed by atoms with Gasteiger partial charge in [-0.3, -0.25) is 4.90 Å². The summed E-state index contributed by atoms with van der Waals surface area (Å²) in [6.07, 6.45) is 2.51. The first kappa shape index (κ1) is 18.7. The molecule has 2 aliphatic heterocycles. The van der Waals surface area contributed by atoms with Crippen LogP contribution in [-0.2, 0) is 11.3 Å². The Hall–Kier alpha value is -1.08. The normalized spacial score (nSPS) is 24.1. The van der Waals surface area contributed by atoms with Crippen LogP contribution in [0.1, 0.15) is 18.4 Å². The van der Waals surface area contributed by atoms with Gasteiger partial charge in [0.25, 0.3) is 0 Å². The highest BCUT2D eigenvalue weighted by Gasteiger charge is 2.26. The summed E-state index contributed by atoms with van der Waals surface area (Å²) in [6.45, 7) is 5.76. The molecule has 0 spiro atoms. The van der Waals surface area contributed by atoms with Crippen molar-refractivity contribution >= 4 is 0 Å². The molecule has 0 aliphatic carbocycles. The van der Waals surface area contributed by atoms with Gasteiger partial charge in [0.15, 0.2) is 11.6 Å². The van der Waals surface area contributed by atoms with Crippen LogP contribution in [0.5, 0.6) is 0 Å². The van der Waals surface area contributed by atoms with E-state index in [2.05, 4.69) is 28.8 Å². The Morgan fingerprint density at radius 2 is 1.96 bits per heavy atom. The number of ether oxygens (including phenoxy) is 1. The lowest BCUT2D eigenvalue weighted by Crippen LogP contribution is -2.50. The van der Waals surface area contributed by atoms with Crippen molar-refractivity contribution in [2.24, 2.45) is 0 Å². The predicted octanol–water partition coefficient (Wildman–Crippen LogP) is 2.19. The van der Waals surface area contributed by atoms with E-state index in [1.54, 1.807) is 12.1 Å². The topological polar surface area (TPSA) is 19.0 Å². The average molecular weight is 353 g/mol. The number of hydrogen-bond donors (Lipinski definition) is 0. The molecule has 2 heterocycles. The third-order valence-electron chi connectivity index (χ3n) is 5.45. The third kappa shape index (κ3) is 4.97. The van der Waals surface area contributed by atoms with E-state index in [4.69, 9.17) is 4.74 Å². The first-order valence-electron chi connectivity index (χ1n) is 9.18. The number of benzene rings is 1. The number of hydrogen-bond acceptors (Lipinski definition) is 4. The summed E-state index contributed by atoms with van der Waals surface area (Å²) in [5.41, 5.74) is 0.421. The lowest BCUT2D eigenvalue weighted by atomic mass is 10.0. The molecule has 3 rings (SSSR count). The highest BCUT2D eigenvalue weighted by atomic mass is 19.2. The molecule has 0 N–H and O–H groups in total. The maximum atomic E-state index is 13.9. The van der Waals surface area contributed by atoms with E-state index < -0.39 is 11.6 Å². The van der Waals surface area contributed by atoms with Crippen molar-refractivity contribution in [2.45, 2.75) is 31.5 Å². The minimum atomic E-state index is -0.774. The van der Waals surface area contributed by atoms with Crippen molar-refractivity contribution in [1.29, 1.82) is 0 Å². The van der Waals surface area contributed by atoms with Gasteiger partial charge in [-0.2, -0.15) is 0 Å². The number of morpholine rings is 1. The number of piperidine rings is 1. The summed E-state index contributed by atoms with van der Waals surface area (Å²) >= 11 is 0. The van der Waals surface area contributed by atoms with Crippen LogP contribution >= 0.6 is 0 Å². The molecule has 2 aliphatic rings. The van der Waals surface area contributed by atoms with E-state index in [0.29, 0.717) is 24.8 Å². The van der Waals surface area contributed by atoms with Gasteiger partial charge >= 0.3 is 0 Å². The van der Waals surface area contributed by atoms with E-state index >= 15 is 0 Å². The number of halogens is 2. The largest absolute Gasteiger partial charge is 0.374 e. The number of likely N-dealkylation sites (tertiary alicyclic amines) is 1. The second-order valence-corrected chi connectivity index (χ2v) is 7.41. The molecule has 1 aromatic rings. The van der Waals surface area contributed by atoms with Crippen molar-refractivity contribution in [3.05, 3.63) is 35.4 Å². The third-order valence-corrected chi connectivity index (χ3v) is 5.45. The van der Waals surface area contributed by atoms with Crippen molar-refractivity contribution in [3.63, 3.8) is 0 Å². The summed E-state index contributed by atoms with van der Waals surface area (Å²) in [5, 5.41) is 0. The van der Waals surface area contributed by atoms with E-state index in [9.17, 15) is 8.78 Å². The molecule has 2 saturated heterocycles. The molecule has 0 amide bonds. The fourth-order valence-electron chi connectivity index (χ4n) is 3.85. The van der Waals surface area contributed by atoms with E-state index in [-0.39, 0.29) is 6.10 Å². The van der Waals surface area contributed by atoms with E-state index in [1.165, 1.54) is 12.8 Å². The van der Waals surface area contributed by atoms with Gasteiger partial charge in [-0.05, 0) is 46.1 Å². The van der Waals surface area contributed by atoms with Crippen LogP contribution in [0.2, 0.25) is 0 Å². The SMILES string of the molecule is CN1CCC(N(C)CC2CN(Cc3cccc(F)c3F)CCO2)CC1. The summed E-state index contributed by atoms with van der Waals surface area (Å²) in [6, 6.07) is 5.00. The summed E-state index contributed by atoms with van der Waals surface area (Å²) in [4.78, 5) is 6.94. The number of likely N-dealkylation sites (N-methyl/N-ethyl adjacent to an activating group) is 1. The first-order chi connectivity index (χ1) is 12.0. The van der Waals surface area contributed by atoms with Gasteiger partial charge in [0.2, 0.25) is 0 Å². The number of rotatable bonds is 5. The molecule has 1 unspecified atom stereocenters. The van der Waals surface area contributed by atoms with Crippen molar-refractivity contribution < 1.29 is 13.5 Å². The Morgan fingerprint density at radius 1 is 1.20 bits per heavy atom. The van der Waals surface area contributed by atoms with E-state index in [1.807, 2.05) is 0 Å². The summed E-state index contributed by atoms with van der Waals surface area (Å²) < 4.78 is 33.2. The molecule has 1 atom stereocenters. The van der Waals surface area contributed by atoms with Gasteiger partial charge in [0, 0.05) is 37.8 Å². The molecule has 0 aromatic heterocycles. The average Bonchev–Trinajstić information content (AvgIpc) is 2.60. The molecule has 25 heavy (non-hydrogen) atoms. The Kier molecular flexibility index (Phi) is 6.39. The van der Waals surface area contributed by atoms with Crippen LogP contribution in [0, 0.1) is 11.6 Å². The van der Waals surface area contributed by atoms with Crippen LogP contribution in [-0.4, -0.2) is 80.3 Å². The molecular formula is C19H29F2N3O. The van der Waals surface area contributed by atoms with Crippen LogP contribution < -0.4 is 0 Å². The number of nitrogens with zero attached hydrogens (tertiary/aromatic N) is 3. The predicted molar refractivity (Wildman–Crippen MR) is 94.5 cm³/mol. The monoisotopic (exact) mass is 353 g/mol. The van der Waals surface area contributed by atoms with Crippen molar-refractivity contribution in [1.82, 2.24) is 14.7 Å².